The van der Waals surface area contributed by atoms with Gasteiger partial charge < -0.3 is 14.2 Å². The summed E-state index contributed by atoms with van der Waals surface area (Å²) in [5.41, 5.74) is 3.71. The van der Waals surface area contributed by atoms with Crippen LogP contribution in [-0.2, 0) is 14.3 Å². The first-order chi connectivity index (χ1) is 16.3. The van der Waals surface area contributed by atoms with Crippen molar-refractivity contribution in [3.63, 3.8) is 0 Å². The van der Waals surface area contributed by atoms with Gasteiger partial charge in [-0.3, -0.25) is 0 Å². The van der Waals surface area contributed by atoms with Crippen molar-refractivity contribution in [1.82, 2.24) is 0 Å². The second kappa shape index (κ2) is 11.8. The monoisotopic (exact) mass is 462 g/mol. The normalized spacial score (nSPS) is 17.3. The fourth-order valence-corrected chi connectivity index (χ4v) is 4.48. The lowest BCUT2D eigenvalue weighted by Crippen LogP contribution is -2.13. The summed E-state index contributed by atoms with van der Waals surface area (Å²) in [6, 6.07) is 13.3. The van der Waals surface area contributed by atoms with Crippen molar-refractivity contribution in [2.75, 3.05) is 13.7 Å². The molecule has 0 spiro atoms. The number of hydrogen-bond acceptors (Lipinski definition) is 5. The van der Waals surface area contributed by atoms with Gasteiger partial charge in [-0.15, -0.1) is 0 Å². The van der Waals surface area contributed by atoms with Crippen LogP contribution in [0.2, 0.25) is 0 Å². The first kappa shape index (κ1) is 25.4. The molecule has 2 aromatic rings. The minimum atomic E-state index is -0.511. The lowest BCUT2D eigenvalue weighted by molar-refractivity contribution is -0.131. The van der Waals surface area contributed by atoms with Crippen LogP contribution in [0.5, 0.6) is 11.5 Å². The minimum Gasteiger partial charge on any atom is -0.423 e. The molecule has 0 amide bonds. The van der Waals surface area contributed by atoms with Crippen LogP contribution in [-0.4, -0.2) is 25.7 Å². The van der Waals surface area contributed by atoms with Crippen LogP contribution in [0.1, 0.15) is 57.4 Å². The maximum atomic E-state index is 12.2. The number of rotatable bonds is 10. The smallest absolute Gasteiger partial charge is 0.341 e. The number of esters is 2. The number of carbonyl (C=O) groups is 2. The van der Waals surface area contributed by atoms with Crippen molar-refractivity contribution in [3.05, 3.63) is 72.3 Å². The van der Waals surface area contributed by atoms with Crippen molar-refractivity contribution in [1.29, 1.82) is 0 Å². The van der Waals surface area contributed by atoms with E-state index in [9.17, 15) is 9.59 Å². The number of methoxy groups -OCH3 is 1. The van der Waals surface area contributed by atoms with Crippen molar-refractivity contribution in [2.45, 2.75) is 51.9 Å². The Morgan fingerprint density at radius 1 is 0.971 bits per heavy atom. The van der Waals surface area contributed by atoms with Gasteiger partial charge in [-0.05, 0) is 79.0 Å². The van der Waals surface area contributed by atoms with Gasteiger partial charge in [0.15, 0.2) is 0 Å². The van der Waals surface area contributed by atoms with Gasteiger partial charge in [0.05, 0.1) is 12.2 Å². The van der Waals surface area contributed by atoms with Crippen molar-refractivity contribution in [3.8, 4) is 22.6 Å². The Hall–Kier alpha value is -3.18. The minimum absolute atomic E-state index is 0.127. The molecule has 2 aromatic carbocycles. The Kier molecular flexibility index (Phi) is 8.83. The largest absolute Gasteiger partial charge is 0.423 e. The summed E-state index contributed by atoms with van der Waals surface area (Å²) >= 11 is 0. The zero-order valence-electron chi connectivity index (χ0n) is 20.4. The topological polar surface area (TPSA) is 61.8 Å². The van der Waals surface area contributed by atoms with E-state index in [4.69, 9.17) is 14.2 Å². The Labute approximate surface area is 202 Å². The summed E-state index contributed by atoms with van der Waals surface area (Å²) in [5, 5.41) is 0. The molecule has 1 aliphatic rings. The van der Waals surface area contributed by atoms with Crippen LogP contribution in [0.4, 0.5) is 0 Å². The third kappa shape index (κ3) is 6.45. The molecule has 1 fully saturated rings. The number of hydrogen-bond donors (Lipinski definition) is 0. The molecule has 0 aromatic heterocycles. The third-order valence-corrected chi connectivity index (χ3v) is 6.24. The maximum absolute atomic E-state index is 12.2. The number of ether oxygens (including phenoxy) is 3. The van der Waals surface area contributed by atoms with Crippen LogP contribution in [0.3, 0.4) is 0 Å². The zero-order valence-corrected chi connectivity index (χ0v) is 20.4. The van der Waals surface area contributed by atoms with Crippen LogP contribution in [0.25, 0.3) is 11.1 Å². The van der Waals surface area contributed by atoms with E-state index in [2.05, 4.69) is 26.1 Å². The molecule has 0 saturated heterocycles. The average molecular weight is 463 g/mol. The first-order valence-corrected chi connectivity index (χ1v) is 11.8. The van der Waals surface area contributed by atoms with Crippen molar-refractivity contribution in [2.24, 2.45) is 5.92 Å². The predicted octanol–water partition coefficient (Wildman–Crippen LogP) is 6.63. The summed E-state index contributed by atoms with van der Waals surface area (Å²) in [6.07, 6.45) is 5.81. The molecule has 5 nitrogen and oxygen atoms in total. The fourth-order valence-electron chi connectivity index (χ4n) is 4.48. The quantitative estimate of drug-likeness (QED) is 0.225. The van der Waals surface area contributed by atoms with Gasteiger partial charge in [0, 0.05) is 12.7 Å². The highest BCUT2D eigenvalue weighted by molar-refractivity contribution is 5.90. The molecule has 0 aliphatic heterocycles. The van der Waals surface area contributed by atoms with Gasteiger partial charge in [-0.1, -0.05) is 51.1 Å². The first-order valence-electron chi connectivity index (χ1n) is 11.8. The second-order valence-corrected chi connectivity index (χ2v) is 9.04. The van der Waals surface area contributed by atoms with Gasteiger partial charge >= 0.3 is 11.9 Å². The Balaban J connectivity index is 1.84. The van der Waals surface area contributed by atoms with Gasteiger partial charge in [0.2, 0.25) is 0 Å². The van der Waals surface area contributed by atoms with E-state index in [1.165, 1.54) is 26.4 Å². The number of carbonyl (C=O) groups excluding carboxylic acids is 2. The maximum Gasteiger partial charge on any atom is 0.341 e. The molecule has 2 atom stereocenters. The van der Waals surface area contributed by atoms with E-state index in [-0.39, 0.29) is 12.2 Å². The van der Waals surface area contributed by atoms with Gasteiger partial charge in [0.25, 0.3) is 0 Å². The lowest BCUT2D eigenvalue weighted by Gasteiger charge is -2.18. The Morgan fingerprint density at radius 2 is 1.68 bits per heavy atom. The number of benzene rings is 2. The van der Waals surface area contributed by atoms with Gasteiger partial charge in [0.1, 0.15) is 11.5 Å². The van der Waals surface area contributed by atoms with E-state index >= 15 is 0 Å². The van der Waals surface area contributed by atoms with Crippen LogP contribution in [0, 0.1) is 5.92 Å². The van der Waals surface area contributed by atoms with E-state index in [0.29, 0.717) is 28.9 Å². The molecule has 2 unspecified atom stereocenters. The molecule has 34 heavy (non-hydrogen) atoms. The predicted molar refractivity (Wildman–Crippen MR) is 134 cm³/mol. The van der Waals surface area contributed by atoms with Gasteiger partial charge in [-0.25, -0.2) is 9.59 Å². The lowest BCUT2D eigenvalue weighted by atomic mass is 9.91. The van der Waals surface area contributed by atoms with Gasteiger partial charge in [-0.2, -0.15) is 0 Å². The van der Waals surface area contributed by atoms with Crippen LogP contribution >= 0.6 is 0 Å². The molecule has 1 saturated carbocycles. The van der Waals surface area contributed by atoms with E-state index in [0.717, 1.165) is 29.5 Å². The molecular formula is C29H34O5. The third-order valence-electron chi connectivity index (χ3n) is 6.24. The summed E-state index contributed by atoms with van der Waals surface area (Å²) < 4.78 is 16.0. The molecule has 0 radical (unpaired) electrons. The Bertz CT molecular complexity index is 1050. The Morgan fingerprint density at radius 3 is 2.32 bits per heavy atom. The molecule has 1 aliphatic carbocycles. The standard InChI is InChI=1S/C29H34O5/c1-6-7-21-8-9-24(16-21)26-17-23(12-15-27(26)34-28(30)19(2)3)22-10-13-25(14-11-22)33-29(31)20(4)18-32-5/h10-15,17,21,24H,2,4,6-9,16,18H2,1,3,5H3. The highest BCUT2D eigenvalue weighted by Gasteiger charge is 2.28. The van der Waals surface area contributed by atoms with Crippen LogP contribution < -0.4 is 9.47 Å². The molecule has 0 N–H and O–H groups in total. The van der Waals surface area contributed by atoms with E-state index in [1.54, 1.807) is 19.1 Å². The fraction of sp³-hybridized carbons (Fsp3) is 0.379. The molecule has 5 heteroatoms. The molecule has 0 heterocycles. The SMILES string of the molecule is C=C(C)C(=O)Oc1ccc(-c2ccc(OC(=O)C(=C)COC)cc2)cc1C1CCC(CCC)C1. The molecule has 0 bridgehead atoms. The molecule has 180 valence electrons. The zero-order chi connectivity index (χ0) is 24.7. The average Bonchev–Trinajstić information content (AvgIpc) is 3.28. The second-order valence-electron chi connectivity index (χ2n) is 9.04. The summed E-state index contributed by atoms with van der Waals surface area (Å²) in [6.45, 7) is 11.4. The summed E-state index contributed by atoms with van der Waals surface area (Å²) in [4.78, 5) is 24.3. The van der Waals surface area contributed by atoms with Crippen LogP contribution in [0.15, 0.2) is 66.8 Å². The van der Waals surface area contributed by atoms with Crippen molar-refractivity contribution < 1.29 is 23.8 Å². The summed E-state index contributed by atoms with van der Waals surface area (Å²) in [7, 11) is 1.50. The van der Waals surface area contributed by atoms with E-state index < -0.39 is 11.9 Å². The van der Waals surface area contributed by atoms with Crippen molar-refractivity contribution >= 4 is 11.9 Å². The molecular weight excluding hydrogens is 428 g/mol. The highest BCUT2D eigenvalue weighted by atomic mass is 16.5. The highest BCUT2D eigenvalue weighted by Crippen LogP contribution is 2.44. The molecule has 3 rings (SSSR count). The van der Waals surface area contributed by atoms with E-state index in [1.807, 2.05) is 24.3 Å². The summed E-state index contributed by atoms with van der Waals surface area (Å²) in [5.74, 6) is 1.21.